The zero-order chi connectivity index (χ0) is 13.1. The van der Waals surface area contributed by atoms with Crippen LogP contribution in [0.1, 0.15) is 19.7 Å². The summed E-state index contributed by atoms with van der Waals surface area (Å²) < 4.78 is 7.36. The predicted octanol–water partition coefficient (Wildman–Crippen LogP) is 2.63. The van der Waals surface area contributed by atoms with E-state index in [0.717, 1.165) is 29.3 Å². The summed E-state index contributed by atoms with van der Waals surface area (Å²) in [6, 6.07) is 7.86. The highest BCUT2D eigenvalue weighted by molar-refractivity contribution is 5.71. The van der Waals surface area contributed by atoms with Crippen LogP contribution in [-0.2, 0) is 13.5 Å². The van der Waals surface area contributed by atoms with Crippen molar-refractivity contribution in [3.63, 3.8) is 0 Å². The van der Waals surface area contributed by atoms with E-state index < -0.39 is 0 Å². The van der Waals surface area contributed by atoms with Crippen LogP contribution in [0.25, 0.3) is 11.3 Å². The Morgan fingerprint density at radius 2 is 1.89 bits per heavy atom. The van der Waals surface area contributed by atoms with Gasteiger partial charge < -0.3 is 15.0 Å². The standard InChI is InChI=1S/C14H19N3O/c1-4-12-16-13(14(15)17(12)3)10-6-8-11(9-7-10)18-5-2/h6-9H,4-5,15H2,1-3H3. The molecule has 4 heteroatoms. The minimum absolute atomic E-state index is 0.672. The Balaban J connectivity index is 2.36. The second-order valence-corrected chi connectivity index (χ2v) is 4.13. The molecule has 0 aliphatic rings. The van der Waals surface area contributed by atoms with E-state index in [1.807, 2.05) is 42.8 Å². The molecule has 2 aromatic rings. The fraction of sp³-hybridized carbons (Fsp3) is 0.357. The van der Waals surface area contributed by atoms with Gasteiger partial charge in [0.05, 0.1) is 6.61 Å². The van der Waals surface area contributed by atoms with E-state index in [2.05, 4.69) is 11.9 Å². The Labute approximate surface area is 107 Å². The molecule has 0 unspecified atom stereocenters. The smallest absolute Gasteiger partial charge is 0.131 e. The molecule has 0 bridgehead atoms. The molecule has 0 radical (unpaired) electrons. The lowest BCUT2D eigenvalue weighted by Crippen LogP contribution is -2.00. The fourth-order valence-electron chi connectivity index (χ4n) is 1.96. The van der Waals surface area contributed by atoms with Crippen LogP contribution in [0.4, 0.5) is 5.82 Å². The molecular weight excluding hydrogens is 226 g/mol. The summed E-state index contributed by atoms with van der Waals surface area (Å²) in [5, 5.41) is 0. The number of ether oxygens (including phenoxy) is 1. The van der Waals surface area contributed by atoms with Crippen LogP contribution in [0, 0.1) is 0 Å². The van der Waals surface area contributed by atoms with Crippen molar-refractivity contribution in [1.82, 2.24) is 9.55 Å². The topological polar surface area (TPSA) is 53.1 Å². The van der Waals surface area contributed by atoms with Crippen LogP contribution < -0.4 is 10.5 Å². The first-order valence-electron chi connectivity index (χ1n) is 6.21. The van der Waals surface area contributed by atoms with Gasteiger partial charge in [0, 0.05) is 19.0 Å². The molecule has 1 aromatic carbocycles. The van der Waals surface area contributed by atoms with Crippen molar-refractivity contribution in [3.8, 4) is 17.0 Å². The third kappa shape index (κ3) is 2.18. The molecule has 0 fully saturated rings. The van der Waals surface area contributed by atoms with Crippen LogP contribution in [0.15, 0.2) is 24.3 Å². The van der Waals surface area contributed by atoms with Gasteiger partial charge in [0.2, 0.25) is 0 Å². The second kappa shape index (κ2) is 5.12. The van der Waals surface area contributed by atoms with E-state index in [9.17, 15) is 0 Å². The van der Waals surface area contributed by atoms with Crippen LogP contribution >= 0.6 is 0 Å². The lowest BCUT2D eigenvalue weighted by molar-refractivity contribution is 0.340. The van der Waals surface area contributed by atoms with E-state index >= 15 is 0 Å². The average Bonchev–Trinajstić information content (AvgIpc) is 2.68. The molecule has 0 saturated carbocycles. The number of imidazole rings is 1. The van der Waals surface area contributed by atoms with E-state index in [1.165, 1.54) is 0 Å². The fourth-order valence-corrected chi connectivity index (χ4v) is 1.96. The molecule has 0 atom stereocenters. The Bertz CT molecular complexity index is 529. The largest absolute Gasteiger partial charge is 0.494 e. The molecule has 1 aromatic heterocycles. The van der Waals surface area contributed by atoms with Crippen LogP contribution in [0.3, 0.4) is 0 Å². The molecule has 1 heterocycles. The maximum atomic E-state index is 6.08. The Morgan fingerprint density at radius 1 is 1.22 bits per heavy atom. The van der Waals surface area contributed by atoms with Crippen molar-refractivity contribution in [2.75, 3.05) is 12.3 Å². The number of hydrogen-bond donors (Lipinski definition) is 1. The summed E-state index contributed by atoms with van der Waals surface area (Å²) in [7, 11) is 1.94. The first-order valence-corrected chi connectivity index (χ1v) is 6.21. The normalized spacial score (nSPS) is 10.6. The van der Waals surface area contributed by atoms with Crippen molar-refractivity contribution in [1.29, 1.82) is 0 Å². The highest BCUT2D eigenvalue weighted by Crippen LogP contribution is 2.27. The van der Waals surface area contributed by atoms with Crippen LogP contribution in [-0.4, -0.2) is 16.2 Å². The maximum absolute atomic E-state index is 6.08. The molecule has 0 aliphatic heterocycles. The monoisotopic (exact) mass is 245 g/mol. The zero-order valence-electron chi connectivity index (χ0n) is 11.1. The molecule has 0 spiro atoms. The van der Waals surface area contributed by atoms with Gasteiger partial charge in [-0.1, -0.05) is 6.92 Å². The Kier molecular flexibility index (Phi) is 3.55. The van der Waals surface area contributed by atoms with Gasteiger partial charge in [-0.05, 0) is 31.2 Å². The highest BCUT2D eigenvalue weighted by Gasteiger charge is 2.12. The van der Waals surface area contributed by atoms with Gasteiger partial charge in [0.1, 0.15) is 23.1 Å². The second-order valence-electron chi connectivity index (χ2n) is 4.13. The minimum atomic E-state index is 0.672. The molecule has 0 saturated heterocycles. The van der Waals surface area contributed by atoms with Crippen molar-refractivity contribution in [2.45, 2.75) is 20.3 Å². The first kappa shape index (κ1) is 12.5. The summed E-state index contributed by atoms with van der Waals surface area (Å²) in [5.41, 5.74) is 7.94. The third-order valence-corrected chi connectivity index (χ3v) is 2.99. The summed E-state index contributed by atoms with van der Waals surface area (Å²) in [5.74, 6) is 2.57. The van der Waals surface area contributed by atoms with Crippen LogP contribution in [0.2, 0.25) is 0 Å². The van der Waals surface area contributed by atoms with Gasteiger partial charge >= 0.3 is 0 Å². The first-order chi connectivity index (χ1) is 8.67. The molecule has 0 amide bonds. The van der Waals surface area contributed by atoms with Crippen molar-refractivity contribution >= 4 is 5.82 Å². The number of rotatable bonds is 4. The number of anilines is 1. The molecule has 2 rings (SSSR count). The minimum Gasteiger partial charge on any atom is -0.494 e. The van der Waals surface area contributed by atoms with E-state index in [-0.39, 0.29) is 0 Å². The average molecular weight is 245 g/mol. The number of nitrogens with two attached hydrogens (primary N) is 1. The van der Waals surface area contributed by atoms with Gasteiger partial charge in [-0.25, -0.2) is 4.98 Å². The highest BCUT2D eigenvalue weighted by atomic mass is 16.5. The van der Waals surface area contributed by atoms with Crippen LogP contribution in [0.5, 0.6) is 5.75 Å². The number of aromatic nitrogens is 2. The number of benzene rings is 1. The number of aryl methyl sites for hydroxylation is 1. The predicted molar refractivity (Wildman–Crippen MR) is 73.6 cm³/mol. The summed E-state index contributed by atoms with van der Waals surface area (Å²) in [4.78, 5) is 4.57. The number of nitrogen functional groups attached to an aromatic ring is 1. The quantitative estimate of drug-likeness (QED) is 0.900. The molecular formula is C14H19N3O. The molecule has 4 nitrogen and oxygen atoms in total. The van der Waals surface area contributed by atoms with Gasteiger partial charge in [0.25, 0.3) is 0 Å². The molecule has 2 N–H and O–H groups in total. The van der Waals surface area contributed by atoms with Crippen molar-refractivity contribution < 1.29 is 4.74 Å². The lowest BCUT2D eigenvalue weighted by Gasteiger charge is -2.04. The summed E-state index contributed by atoms with van der Waals surface area (Å²) >= 11 is 0. The Hall–Kier alpha value is -1.97. The summed E-state index contributed by atoms with van der Waals surface area (Å²) in [6.07, 6.45) is 0.873. The molecule has 18 heavy (non-hydrogen) atoms. The maximum Gasteiger partial charge on any atom is 0.131 e. The SMILES string of the molecule is CCOc1ccc(-c2nc(CC)n(C)c2N)cc1. The van der Waals surface area contributed by atoms with E-state index in [1.54, 1.807) is 0 Å². The van der Waals surface area contributed by atoms with Crippen molar-refractivity contribution in [3.05, 3.63) is 30.1 Å². The van der Waals surface area contributed by atoms with Gasteiger partial charge in [-0.3, -0.25) is 0 Å². The van der Waals surface area contributed by atoms with Crippen molar-refractivity contribution in [2.24, 2.45) is 7.05 Å². The van der Waals surface area contributed by atoms with E-state index in [4.69, 9.17) is 10.5 Å². The number of hydrogen-bond acceptors (Lipinski definition) is 3. The van der Waals surface area contributed by atoms with E-state index in [0.29, 0.717) is 12.4 Å². The van der Waals surface area contributed by atoms with Gasteiger partial charge in [0.15, 0.2) is 0 Å². The third-order valence-electron chi connectivity index (χ3n) is 2.99. The summed E-state index contributed by atoms with van der Waals surface area (Å²) in [6.45, 7) is 4.72. The molecule has 96 valence electrons. The lowest BCUT2D eigenvalue weighted by atomic mass is 10.1. The van der Waals surface area contributed by atoms with Gasteiger partial charge in [-0.2, -0.15) is 0 Å². The number of nitrogens with zero attached hydrogens (tertiary/aromatic N) is 2. The zero-order valence-corrected chi connectivity index (χ0v) is 11.1. The molecule has 0 aliphatic carbocycles. The Morgan fingerprint density at radius 3 is 2.39 bits per heavy atom. The van der Waals surface area contributed by atoms with Gasteiger partial charge in [-0.15, -0.1) is 0 Å².